The first-order valence-corrected chi connectivity index (χ1v) is 8.11. The molecule has 5 heteroatoms. The van der Waals surface area contributed by atoms with E-state index in [0.717, 1.165) is 22.4 Å². The summed E-state index contributed by atoms with van der Waals surface area (Å²) in [5, 5.41) is 6.62. The third-order valence-electron chi connectivity index (χ3n) is 3.64. The summed E-state index contributed by atoms with van der Waals surface area (Å²) >= 11 is 1.51. The second-order valence-electron chi connectivity index (χ2n) is 5.12. The number of benzene rings is 2. The van der Waals surface area contributed by atoms with Gasteiger partial charge in [0.15, 0.2) is 0 Å². The minimum atomic E-state index is -0.0907. The van der Waals surface area contributed by atoms with Gasteiger partial charge in [0.25, 0.3) is 5.91 Å². The molecule has 4 rings (SSSR count). The number of para-hydroxylation sites is 2. The van der Waals surface area contributed by atoms with Crippen molar-refractivity contribution in [3.8, 4) is 5.69 Å². The number of nitrogens with zero attached hydrogens (tertiary/aromatic N) is 2. The van der Waals surface area contributed by atoms with Crippen LogP contribution in [0, 0.1) is 0 Å². The third kappa shape index (κ3) is 2.62. The molecule has 0 aliphatic carbocycles. The van der Waals surface area contributed by atoms with Crippen molar-refractivity contribution >= 4 is 34.0 Å². The second kappa shape index (κ2) is 5.70. The quantitative estimate of drug-likeness (QED) is 0.610. The largest absolute Gasteiger partial charge is 0.322 e. The van der Waals surface area contributed by atoms with Gasteiger partial charge in [-0.15, -0.1) is 0 Å². The molecule has 23 heavy (non-hydrogen) atoms. The maximum atomic E-state index is 12.0. The average molecular weight is 319 g/mol. The number of fused-ring (bicyclic) bond motifs is 1. The molecule has 112 valence electrons. The van der Waals surface area contributed by atoms with Crippen molar-refractivity contribution < 1.29 is 4.79 Å². The Labute approximate surface area is 137 Å². The maximum absolute atomic E-state index is 12.0. The van der Waals surface area contributed by atoms with Gasteiger partial charge in [0.1, 0.15) is 6.33 Å². The summed E-state index contributed by atoms with van der Waals surface area (Å²) in [6.07, 6.45) is 1.81. The van der Waals surface area contributed by atoms with Gasteiger partial charge in [-0.2, -0.15) is 11.3 Å². The molecule has 0 saturated carbocycles. The Balaban J connectivity index is 1.60. The van der Waals surface area contributed by atoms with E-state index in [-0.39, 0.29) is 5.91 Å². The number of hydrogen-bond donors (Lipinski definition) is 1. The van der Waals surface area contributed by atoms with Crippen LogP contribution in [0.4, 0.5) is 5.69 Å². The number of hydrogen-bond acceptors (Lipinski definition) is 3. The van der Waals surface area contributed by atoms with Crippen LogP contribution in [0.2, 0.25) is 0 Å². The molecule has 2 aromatic heterocycles. The molecule has 0 atom stereocenters. The average Bonchev–Trinajstić information content (AvgIpc) is 3.25. The minimum absolute atomic E-state index is 0.0907. The van der Waals surface area contributed by atoms with Crippen molar-refractivity contribution in [3.63, 3.8) is 0 Å². The van der Waals surface area contributed by atoms with Crippen LogP contribution in [-0.4, -0.2) is 15.5 Å². The second-order valence-corrected chi connectivity index (χ2v) is 5.90. The number of carbonyl (C=O) groups is 1. The van der Waals surface area contributed by atoms with Crippen molar-refractivity contribution in [1.82, 2.24) is 9.55 Å². The predicted octanol–water partition coefficient (Wildman–Crippen LogP) is 4.34. The van der Waals surface area contributed by atoms with E-state index in [1.165, 1.54) is 11.3 Å². The van der Waals surface area contributed by atoms with Crippen LogP contribution in [0.3, 0.4) is 0 Å². The van der Waals surface area contributed by atoms with E-state index < -0.39 is 0 Å². The fraction of sp³-hybridized carbons (Fsp3) is 0. The first-order chi connectivity index (χ1) is 11.3. The van der Waals surface area contributed by atoms with Gasteiger partial charge in [-0.25, -0.2) is 4.98 Å². The van der Waals surface area contributed by atoms with E-state index >= 15 is 0 Å². The number of imidazole rings is 1. The summed E-state index contributed by atoms with van der Waals surface area (Å²) in [7, 11) is 0. The molecule has 0 radical (unpaired) electrons. The Morgan fingerprint density at radius 1 is 1.04 bits per heavy atom. The highest BCUT2D eigenvalue weighted by Gasteiger charge is 2.07. The summed E-state index contributed by atoms with van der Waals surface area (Å²) in [6, 6.07) is 17.5. The molecule has 0 bridgehead atoms. The van der Waals surface area contributed by atoms with Gasteiger partial charge in [0.2, 0.25) is 0 Å². The summed E-state index contributed by atoms with van der Waals surface area (Å²) in [5.74, 6) is -0.0907. The maximum Gasteiger partial charge on any atom is 0.256 e. The van der Waals surface area contributed by atoms with Gasteiger partial charge in [0.05, 0.1) is 16.6 Å². The molecular weight excluding hydrogens is 306 g/mol. The zero-order valence-electron chi connectivity index (χ0n) is 12.1. The molecular formula is C18H13N3OS. The first-order valence-electron chi connectivity index (χ1n) is 7.17. The number of nitrogens with one attached hydrogen (secondary N) is 1. The molecule has 0 saturated heterocycles. The van der Waals surface area contributed by atoms with E-state index in [9.17, 15) is 4.79 Å². The molecule has 4 aromatic rings. The number of amides is 1. The lowest BCUT2D eigenvalue weighted by Crippen LogP contribution is -2.10. The van der Waals surface area contributed by atoms with Crippen molar-refractivity contribution in [3.05, 3.63) is 77.2 Å². The molecule has 2 heterocycles. The fourth-order valence-electron chi connectivity index (χ4n) is 2.47. The summed E-state index contributed by atoms with van der Waals surface area (Å²) < 4.78 is 2.03. The van der Waals surface area contributed by atoms with Gasteiger partial charge >= 0.3 is 0 Å². The van der Waals surface area contributed by atoms with Gasteiger partial charge in [0, 0.05) is 16.8 Å². The molecule has 0 unspecified atom stereocenters. The van der Waals surface area contributed by atoms with Crippen LogP contribution in [0.25, 0.3) is 16.7 Å². The number of thiophene rings is 1. The lowest BCUT2D eigenvalue weighted by atomic mass is 10.2. The number of rotatable bonds is 3. The van der Waals surface area contributed by atoms with Crippen molar-refractivity contribution in [2.24, 2.45) is 0 Å². The Hall–Kier alpha value is -2.92. The van der Waals surface area contributed by atoms with Gasteiger partial charge < -0.3 is 5.32 Å². The Morgan fingerprint density at radius 3 is 2.65 bits per heavy atom. The van der Waals surface area contributed by atoms with E-state index in [0.29, 0.717) is 5.56 Å². The molecule has 4 nitrogen and oxygen atoms in total. The topological polar surface area (TPSA) is 46.9 Å². The normalized spacial score (nSPS) is 10.8. The van der Waals surface area contributed by atoms with Crippen LogP contribution in [-0.2, 0) is 0 Å². The van der Waals surface area contributed by atoms with E-state index in [1.807, 2.05) is 76.3 Å². The fourth-order valence-corrected chi connectivity index (χ4v) is 3.10. The number of anilines is 1. The SMILES string of the molecule is O=C(Nc1ccc(-n2cnc3ccccc32)cc1)c1ccsc1. The van der Waals surface area contributed by atoms with Crippen molar-refractivity contribution in [1.29, 1.82) is 0 Å². The van der Waals surface area contributed by atoms with Gasteiger partial charge in [-0.3, -0.25) is 9.36 Å². The summed E-state index contributed by atoms with van der Waals surface area (Å²) in [5.41, 5.74) is 4.48. The zero-order valence-corrected chi connectivity index (χ0v) is 13.0. The molecule has 0 fully saturated rings. The standard InChI is InChI=1S/C18H13N3OS/c22-18(13-9-10-23-11-13)20-14-5-7-15(8-6-14)21-12-19-16-3-1-2-4-17(16)21/h1-12H,(H,20,22). The zero-order chi connectivity index (χ0) is 15.6. The summed E-state index contributed by atoms with van der Waals surface area (Å²) in [6.45, 7) is 0. The molecule has 1 amide bonds. The van der Waals surface area contributed by atoms with Crippen LogP contribution < -0.4 is 5.32 Å². The highest BCUT2D eigenvalue weighted by Crippen LogP contribution is 2.20. The van der Waals surface area contributed by atoms with Crippen LogP contribution in [0.5, 0.6) is 0 Å². The van der Waals surface area contributed by atoms with Crippen LogP contribution in [0.15, 0.2) is 71.7 Å². The molecule has 2 aromatic carbocycles. The lowest BCUT2D eigenvalue weighted by molar-refractivity contribution is 0.102. The van der Waals surface area contributed by atoms with Gasteiger partial charge in [-0.1, -0.05) is 12.1 Å². The number of aromatic nitrogens is 2. The summed E-state index contributed by atoms with van der Waals surface area (Å²) in [4.78, 5) is 16.4. The highest BCUT2D eigenvalue weighted by molar-refractivity contribution is 7.08. The van der Waals surface area contributed by atoms with Crippen molar-refractivity contribution in [2.45, 2.75) is 0 Å². The Bertz CT molecular complexity index is 956. The van der Waals surface area contributed by atoms with Gasteiger partial charge in [-0.05, 0) is 47.8 Å². The van der Waals surface area contributed by atoms with E-state index in [2.05, 4.69) is 10.3 Å². The smallest absolute Gasteiger partial charge is 0.256 e. The van der Waals surface area contributed by atoms with Crippen LogP contribution in [0.1, 0.15) is 10.4 Å². The van der Waals surface area contributed by atoms with E-state index in [1.54, 1.807) is 0 Å². The highest BCUT2D eigenvalue weighted by atomic mass is 32.1. The Kier molecular flexibility index (Phi) is 3.40. The Morgan fingerprint density at radius 2 is 1.87 bits per heavy atom. The molecule has 0 spiro atoms. The lowest BCUT2D eigenvalue weighted by Gasteiger charge is -2.07. The third-order valence-corrected chi connectivity index (χ3v) is 4.32. The first kappa shape index (κ1) is 13.7. The molecule has 1 N–H and O–H groups in total. The minimum Gasteiger partial charge on any atom is -0.322 e. The molecule has 0 aliphatic heterocycles. The monoisotopic (exact) mass is 319 g/mol. The van der Waals surface area contributed by atoms with Crippen LogP contribution >= 0.6 is 11.3 Å². The van der Waals surface area contributed by atoms with Crippen molar-refractivity contribution in [2.75, 3.05) is 5.32 Å². The van der Waals surface area contributed by atoms with E-state index in [4.69, 9.17) is 0 Å². The molecule has 0 aliphatic rings. The predicted molar refractivity (Wildman–Crippen MR) is 93.3 cm³/mol. The number of carbonyl (C=O) groups excluding carboxylic acids is 1.